The van der Waals surface area contributed by atoms with Crippen LogP contribution in [0.25, 0.3) is 21.8 Å². The Morgan fingerprint density at radius 2 is 1.75 bits per heavy atom. The summed E-state index contributed by atoms with van der Waals surface area (Å²) < 4.78 is 5.30. The molecule has 4 rings (SSSR count). The predicted molar refractivity (Wildman–Crippen MR) is 129 cm³/mol. The maximum atomic E-state index is 12.1. The summed E-state index contributed by atoms with van der Waals surface area (Å²) in [6, 6.07) is 20.2. The molecule has 4 aromatic rings. The van der Waals surface area contributed by atoms with E-state index in [2.05, 4.69) is 15.6 Å². The van der Waals surface area contributed by atoms with E-state index in [4.69, 9.17) is 16.3 Å². The number of ether oxygens (including phenoxy) is 1. The van der Waals surface area contributed by atoms with Crippen molar-refractivity contribution >= 4 is 50.9 Å². The minimum absolute atomic E-state index is 0.522. The zero-order valence-electron chi connectivity index (χ0n) is 18.0. The summed E-state index contributed by atoms with van der Waals surface area (Å²) in [6.45, 7) is 5.40. The Labute approximate surface area is 191 Å². The fraction of sp³-hybridized carbons (Fsp3) is 0.200. The first kappa shape index (κ1) is 21.9. The number of aromatic nitrogens is 1. The van der Waals surface area contributed by atoms with E-state index in [1.807, 2.05) is 30.3 Å². The zero-order chi connectivity index (χ0) is 22.9. The number of para-hydroxylation sites is 1. The summed E-state index contributed by atoms with van der Waals surface area (Å²) in [5.41, 5.74) is 2.77. The number of carbonyl (C=O) groups is 1. The molecule has 164 valence electrons. The molecule has 0 bridgehead atoms. The van der Waals surface area contributed by atoms with Gasteiger partial charge in [0.1, 0.15) is 5.60 Å². The number of aliphatic hydroxyl groups excluding tert-OH is 1. The highest BCUT2D eigenvalue weighted by Crippen LogP contribution is 2.34. The molecule has 0 radical (unpaired) electrons. The molecule has 0 aliphatic carbocycles. The van der Waals surface area contributed by atoms with E-state index in [0.29, 0.717) is 16.3 Å². The van der Waals surface area contributed by atoms with Crippen LogP contribution in [0.5, 0.6) is 0 Å². The molecule has 1 atom stereocenters. The van der Waals surface area contributed by atoms with Crippen molar-refractivity contribution in [3.8, 4) is 0 Å². The van der Waals surface area contributed by atoms with Crippen LogP contribution in [0.4, 0.5) is 16.2 Å². The van der Waals surface area contributed by atoms with Gasteiger partial charge in [0.05, 0.1) is 16.7 Å². The number of benzene rings is 3. The lowest BCUT2D eigenvalue weighted by molar-refractivity contribution is 0.0636. The van der Waals surface area contributed by atoms with Crippen LogP contribution in [-0.4, -0.2) is 21.8 Å². The molecule has 1 heterocycles. The van der Waals surface area contributed by atoms with Crippen LogP contribution in [0.2, 0.25) is 5.02 Å². The first-order chi connectivity index (χ1) is 15.2. The number of nitrogens with one attached hydrogen (secondary N) is 2. The summed E-state index contributed by atoms with van der Waals surface area (Å²) in [5.74, 6) is 0. The molecule has 0 spiro atoms. The van der Waals surface area contributed by atoms with Crippen LogP contribution < -0.4 is 10.6 Å². The number of hydrogen-bond donors (Lipinski definition) is 3. The highest BCUT2D eigenvalue weighted by atomic mass is 35.5. The third-order valence-electron chi connectivity index (χ3n) is 4.77. The number of fused-ring (bicyclic) bond motifs is 2. The molecule has 1 aromatic heterocycles. The van der Waals surface area contributed by atoms with Crippen LogP contribution in [0.1, 0.15) is 32.6 Å². The molecule has 7 heteroatoms. The lowest BCUT2D eigenvalue weighted by atomic mass is 10.1. The van der Waals surface area contributed by atoms with Crippen molar-refractivity contribution in [2.45, 2.75) is 32.6 Å². The third kappa shape index (κ3) is 4.93. The molecule has 0 saturated carbocycles. The van der Waals surface area contributed by atoms with E-state index < -0.39 is 17.9 Å². The van der Waals surface area contributed by atoms with Crippen molar-refractivity contribution in [1.82, 2.24) is 4.98 Å². The van der Waals surface area contributed by atoms with Crippen molar-refractivity contribution in [1.29, 1.82) is 0 Å². The molecule has 3 aromatic carbocycles. The van der Waals surface area contributed by atoms with Crippen LogP contribution in [0, 0.1) is 0 Å². The lowest BCUT2D eigenvalue weighted by Crippen LogP contribution is -2.27. The van der Waals surface area contributed by atoms with Crippen molar-refractivity contribution in [2.24, 2.45) is 0 Å². The SMILES string of the molecule is CC(C)(C)OC(=O)Nc1cccc(C(O)Nc2c3ccccc3nc3cc(Cl)ccc23)c1. The number of halogens is 1. The fourth-order valence-corrected chi connectivity index (χ4v) is 3.62. The van der Waals surface area contributed by atoms with E-state index in [1.54, 1.807) is 57.2 Å². The Morgan fingerprint density at radius 3 is 2.53 bits per heavy atom. The van der Waals surface area contributed by atoms with Gasteiger partial charge in [-0.15, -0.1) is 0 Å². The Bertz CT molecular complexity index is 1300. The van der Waals surface area contributed by atoms with Gasteiger partial charge in [0.25, 0.3) is 0 Å². The second kappa shape index (κ2) is 8.65. The second-order valence-corrected chi connectivity index (χ2v) is 8.90. The lowest BCUT2D eigenvalue weighted by Gasteiger charge is -2.21. The molecular formula is C25H24ClN3O3. The Balaban J connectivity index is 1.65. The van der Waals surface area contributed by atoms with Crippen LogP contribution in [0.15, 0.2) is 66.7 Å². The highest BCUT2D eigenvalue weighted by Gasteiger charge is 2.18. The largest absolute Gasteiger partial charge is 0.444 e. The van der Waals surface area contributed by atoms with Gasteiger partial charge in [-0.3, -0.25) is 5.32 Å². The van der Waals surface area contributed by atoms with E-state index in [1.165, 1.54) is 0 Å². The number of anilines is 2. The maximum absolute atomic E-state index is 12.1. The molecule has 1 amide bonds. The minimum Gasteiger partial charge on any atom is -0.444 e. The molecule has 0 saturated heterocycles. The van der Waals surface area contributed by atoms with Gasteiger partial charge in [0, 0.05) is 27.0 Å². The normalized spacial score (nSPS) is 12.5. The quantitative estimate of drug-likeness (QED) is 0.245. The van der Waals surface area contributed by atoms with Gasteiger partial charge in [0.2, 0.25) is 0 Å². The highest BCUT2D eigenvalue weighted by molar-refractivity contribution is 6.31. The van der Waals surface area contributed by atoms with Crippen molar-refractivity contribution in [2.75, 3.05) is 10.6 Å². The minimum atomic E-state index is -1.03. The molecule has 0 aliphatic heterocycles. The molecule has 32 heavy (non-hydrogen) atoms. The Hall–Kier alpha value is -3.35. The number of nitrogens with zero attached hydrogens (tertiary/aromatic N) is 1. The van der Waals surface area contributed by atoms with E-state index in [0.717, 1.165) is 27.5 Å². The van der Waals surface area contributed by atoms with E-state index in [-0.39, 0.29) is 0 Å². The van der Waals surface area contributed by atoms with Gasteiger partial charge < -0.3 is 15.2 Å². The summed E-state index contributed by atoms with van der Waals surface area (Å²) in [6.07, 6.45) is -1.58. The number of carbonyl (C=O) groups excluding carboxylic acids is 1. The second-order valence-electron chi connectivity index (χ2n) is 8.46. The van der Waals surface area contributed by atoms with Crippen molar-refractivity contribution in [3.05, 3.63) is 77.3 Å². The zero-order valence-corrected chi connectivity index (χ0v) is 18.8. The average Bonchev–Trinajstić information content (AvgIpc) is 2.72. The van der Waals surface area contributed by atoms with Gasteiger partial charge in [-0.25, -0.2) is 9.78 Å². The van der Waals surface area contributed by atoms with Gasteiger partial charge in [-0.1, -0.05) is 41.9 Å². The molecule has 3 N–H and O–H groups in total. The van der Waals surface area contributed by atoms with Crippen molar-refractivity contribution in [3.63, 3.8) is 0 Å². The number of amides is 1. The van der Waals surface area contributed by atoms with Crippen LogP contribution in [-0.2, 0) is 4.74 Å². The van der Waals surface area contributed by atoms with E-state index >= 15 is 0 Å². The molecule has 1 unspecified atom stereocenters. The maximum Gasteiger partial charge on any atom is 0.412 e. The number of pyridine rings is 1. The molecule has 0 aliphatic rings. The van der Waals surface area contributed by atoms with Crippen molar-refractivity contribution < 1.29 is 14.6 Å². The molecule has 0 fully saturated rings. The van der Waals surface area contributed by atoms with Crippen LogP contribution >= 0.6 is 11.6 Å². The molecular weight excluding hydrogens is 426 g/mol. The predicted octanol–water partition coefficient (Wildman–Crippen LogP) is 6.49. The smallest absolute Gasteiger partial charge is 0.412 e. The molecule has 6 nitrogen and oxygen atoms in total. The first-order valence-corrected chi connectivity index (χ1v) is 10.6. The van der Waals surface area contributed by atoms with Gasteiger partial charge >= 0.3 is 6.09 Å². The number of hydrogen-bond acceptors (Lipinski definition) is 5. The number of rotatable bonds is 4. The standard InChI is InChI=1S/C25H24ClN3O3/c1-25(2,3)32-24(31)27-17-8-6-7-15(13-17)23(30)29-22-18-9-4-5-10-20(18)28-21-14-16(26)11-12-19(21)22/h4-14,23,30H,1-3H3,(H,27,31)(H,28,29). The summed E-state index contributed by atoms with van der Waals surface area (Å²) in [5, 5.41) is 19.2. The Kier molecular flexibility index (Phi) is 5.91. The third-order valence-corrected chi connectivity index (χ3v) is 5.01. The summed E-state index contributed by atoms with van der Waals surface area (Å²) in [7, 11) is 0. The fourth-order valence-electron chi connectivity index (χ4n) is 3.45. The topological polar surface area (TPSA) is 83.5 Å². The van der Waals surface area contributed by atoms with E-state index in [9.17, 15) is 9.90 Å². The van der Waals surface area contributed by atoms with Gasteiger partial charge in [-0.2, -0.15) is 0 Å². The average molecular weight is 450 g/mol. The Morgan fingerprint density at radius 1 is 1.00 bits per heavy atom. The monoisotopic (exact) mass is 449 g/mol. The summed E-state index contributed by atoms with van der Waals surface area (Å²) >= 11 is 6.17. The first-order valence-electron chi connectivity index (χ1n) is 10.2. The van der Waals surface area contributed by atoms with Crippen LogP contribution in [0.3, 0.4) is 0 Å². The number of aliphatic hydroxyl groups is 1. The van der Waals surface area contributed by atoms with Gasteiger partial charge in [-0.05, 0) is 57.2 Å². The summed E-state index contributed by atoms with van der Waals surface area (Å²) in [4.78, 5) is 16.8. The van der Waals surface area contributed by atoms with Gasteiger partial charge in [0.15, 0.2) is 6.23 Å².